The van der Waals surface area contributed by atoms with Crippen LogP contribution in [-0.2, 0) is 16.0 Å². The average Bonchev–Trinajstić information content (AvgIpc) is 3.39. The molecule has 2 aromatic carbocycles. The van der Waals surface area contributed by atoms with Gasteiger partial charge in [-0.25, -0.2) is 10.2 Å². The Hall–Kier alpha value is -3.19. The number of carbonyl (C=O) groups is 1. The number of aromatic carboxylic acids is 1. The number of hydrogen-bond donors (Lipinski definition) is 5. The number of anilines is 2. The zero-order valence-corrected chi connectivity index (χ0v) is 22.1. The minimum Gasteiger partial charge on any atom is -0.478 e. The Morgan fingerprint density at radius 1 is 0.974 bits per heavy atom. The van der Waals surface area contributed by atoms with Gasteiger partial charge in [0.2, 0.25) is 0 Å². The van der Waals surface area contributed by atoms with Crippen molar-refractivity contribution in [3.05, 3.63) is 65.2 Å². The maximum absolute atomic E-state index is 11.3. The third-order valence-electron chi connectivity index (χ3n) is 7.72. The number of morpholine rings is 2. The van der Waals surface area contributed by atoms with Gasteiger partial charge in [0, 0.05) is 57.2 Å². The van der Waals surface area contributed by atoms with E-state index in [0.29, 0.717) is 13.2 Å². The predicted octanol–water partition coefficient (Wildman–Crippen LogP) is 1.13. The molecule has 0 bridgehead atoms. The van der Waals surface area contributed by atoms with Gasteiger partial charge in [-0.1, -0.05) is 12.1 Å². The predicted molar refractivity (Wildman–Crippen MR) is 149 cm³/mol. The Balaban J connectivity index is 1.21. The second kappa shape index (κ2) is 11.9. The van der Waals surface area contributed by atoms with Gasteiger partial charge >= 0.3 is 5.97 Å². The van der Waals surface area contributed by atoms with Gasteiger partial charge in [-0.3, -0.25) is 15.1 Å². The highest BCUT2D eigenvalue weighted by atomic mass is 16.5. The quantitative estimate of drug-likeness (QED) is 0.335. The van der Waals surface area contributed by atoms with Crippen molar-refractivity contribution >= 4 is 23.0 Å². The third kappa shape index (κ3) is 6.19. The van der Waals surface area contributed by atoms with Gasteiger partial charge in [-0.2, -0.15) is 0 Å². The molecule has 4 aliphatic rings. The van der Waals surface area contributed by atoms with Crippen LogP contribution in [0, 0.1) is 0 Å². The topological polar surface area (TPSA) is 114 Å². The first-order chi connectivity index (χ1) is 19.1. The summed E-state index contributed by atoms with van der Waals surface area (Å²) in [5.74, 6) is -0.929. The van der Waals surface area contributed by atoms with Gasteiger partial charge in [0.1, 0.15) is 12.5 Å². The summed E-state index contributed by atoms with van der Waals surface area (Å²) in [7, 11) is 0. The molecule has 0 spiro atoms. The lowest BCUT2D eigenvalue weighted by Gasteiger charge is -2.41. The zero-order valence-electron chi connectivity index (χ0n) is 22.1. The fourth-order valence-corrected chi connectivity index (χ4v) is 5.47. The number of nitrogens with one attached hydrogen (secondary N) is 4. The van der Waals surface area contributed by atoms with Crippen LogP contribution in [0.3, 0.4) is 0 Å². The van der Waals surface area contributed by atoms with Crippen molar-refractivity contribution in [3.8, 4) is 0 Å². The Morgan fingerprint density at radius 3 is 2.46 bits per heavy atom. The number of hydrazine groups is 1. The molecule has 0 amide bonds. The van der Waals surface area contributed by atoms with E-state index < -0.39 is 5.97 Å². The molecule has 39 heavy (non-hydrogen) atoms. The summed E-state index contributed by atoms with van der Waals surface area (Å²) in [6.45, 7) is 9.42. The van der Waals surface area contributed by atoms with E-state index >= 15 is 0 Å². The van der Waals surface area contributed by atoms with E-state index in [1.807, 2.05) is 0 Å². The van der Waals surface area contributed by atoms with E-state index in [4.69, 9.17) is 9.47 Å². The lowest BCUT2D eigenvalue weighted by Crippen LogP contribution is -2.62. The van der Waals surface area contributed by atoms with E-state index in [0.717, 1.165) is 76.0 Å². The molecule has 4 aliphatic heterocycles. The molecule has 2 unspecified atom stereocenters. The molecule has 0 saturated carbocycles. The van der Waals surface area contributed by atoms with Crippen molar-refractivity contribution in [2.24, 2.45) is 0 Å². The molecule has 2 saturated heterocycles. The van der Waals surface area contributed by atoms with Crippen LogP contribution in [0.2, 0.25) is 0 Å². The maximum atomic E-state index is 11.3. The highest BCUT2D eigenvalue weighted by Crippen LogP contribution is 2.30. The Labute approximate surface area is 228 Å². The number of fused-ring (bicyclic) bond motifs is 1. The normalized spacial score (nSPS) is 24.1. The first-order valence-electron chi connectivity index (χ1n) is 13.7. The molecular weight excluding hydrogens is 498 g/mol. The van der Waals surface area contributed by atoms with Gasteiger partial charge in [0.05, 0.1) is 37.7 Å². The molecule has 11 heteroatoms. The molecule has 6 rings (SSSR count). The smallest absolute Gasteiger partial charge is 0.335 e. The minimum absolute atomic E-state index is 0.0755. The zero-order chi connectivity index (χ0) is 26.6. The fourth-order valence-electron chi connectivity index (χ4n) is 5.47. The summed E-state index contributed by atoms with van der Waals surface area (Å²) in [6.07, 6.45) is 1.92. The van der Waals surface area contributed by atoms with Crippen LogP contribution in [-0.4, -0.2) is 99.0 Å². The van der Waals surface area contributed by atoms with Gasteiger partial charge in [-0.15, -0.1) is 0 Å². The first-order valence-corrected chi connectivity index (χ1v) is 13.7. The molecule has 0 radical (unpaired) electrons. The number of benzene rings is 2. The molecule has 0 aliphatic carbocycles. The SMILES string of the molecule is O=C(O)c1ccc(NC2C=C(c3ccc4c(c3)N(CCN3CCOCC3)NC4)NC(N3CCOCC3)N2)cc1. The monoisotopic (exact) mass is 535 g/mol. The highest BCUT2D eigenvalue weighted by Gasteiger charge is 2.29. The second-order valence-corrected chi connectivity index (χ2v) is 10.2. The van der Waals surface area contributed by atoms with Crippen molar-refractivity contribution in [2.75, 3.05) is 76.0 Å². The van der Waals surface area contributed by atoms with Crippen LogP contribution in [0.5, 0.6) is 0 Å². The molecule has 208 valence electrons. The van der Waals surface area contributed by atoms with Crippen molar-refractivity contribution in [1.82, 2.24) is 25.9 Å². The molecule has 0 aromatic heterocycles. The van der Waals surface area contributed by atoms with Crippen molar-refractivity contribution in [2.45, 2.75) is 19.0 Å². The summed E-state index contributed by atoms with van der Waals surface area (Å²) in [5.41, 5.74) is 9.37. The molecule has 2 atom stereocenters. The number of carboxylic acid groups (broad SMARTS) is 1. The van der Waals surface area contributed by atoms with Gasteiger partial charge in [-0.05, 0) is 47.5 Å². The van der Waals surface area contributed by atoms with Crippen LogP contribution in [0.1, 0.15) is 21.5 Å². The van der Waals surface area contributed by atoms with E-state index in [1.54, 1.807) is 24.3 Å². The third-order valence-corrected chi connectivity index (χ3v) is 7.72. The largest absolute Gasteiger partial charge is 0.478 e. The minimum atomic E-state index is -0.929. The van der Waals surface area contributed by atoms with Crippen LogP contribution < -0.4 is 26.4 Å². The molecule has 4 heterocycles. The summed E-state index contributed by atoms with van der Waals surface area (Å²) in [5, 5.41) is 22.4. The number of nitrogens with zero attached hydrogens (tertiary/aromatic N) is 3. The van der Waals surface area contributed by atoms with Crippen molar-refractivity contribution < 1.29 is 19.4 Å². The maximum Gasteiger partial charge on any atom is 0.335 e. The lowest BCUT2D eigenvalue weighted by atomic mass is 10.0. The van der Waals surface area contributed by atoms with Crippen molar-refractivity contribution in [3.63, 3.8) is 0 Å². The van der Waals surface area contributed by atoms with Crippen molar-refractivity contribution in [1.29, 1.82) is 0 Å². The summed E-state index contributed by atoms with van der Waals surface area (Å²) < 4.78 is 11.1. The average molecular weight is 536 g/mol. The fraction of sp³-hybridized carbons (Fsp3) is 0.464. The second-order valence-electron chi connectivity index (χ2n) is 10.2. The van der Waals surface area contributed by atoms with E-state index in [-0.39, 0.29) is 18.0 Å². The molecule has 2 aromatic rings. The Morgan fingerprint density at radius 2 is 1.72 bits per heavy atom. The van der Waals surface area contributed by atoms with Gasteiger partial charge in [0.25, 0.3) is 0 Å². The standard InChI is InChI=1S/C28H37N7O4/c36-27(37)20-3-5-23(6-4-20)30-26-18-24(31-28(32-26)34-11-15-39-16-12-34)21-1-2-22-19-29-35(25(22)17-21)8-7-33-9-13-38-14-10-33/h1-6,17-18,26,28-32H,7-16,19H2,(H,36,37). The molecule has 2 fully saturated rings. The number of carboxylic acids is 1. The summed E-state index contributed by atoms with van der Waals surface area (Å²) in [6, 6.07) is 13.5. The van der Waals surface area contributed by atoms with E-state index in [9.17, 15) is 9.90 Å². The van der Waals surface area contributed by atoms with Gasteiger partial charge in [0.15, 0.2) is 0 Å². The Kier molecular flexibility index (Phi) is 7.95. The van der Waals surface area contributed by atoms with Crippen LogP contribution in [0.4, 0.5) is 11.4 Å². The molecule has 11 nitrogen and oxygen atoms in total. The summed E-state index contributed by atoms with van der Waals surface area (Å²) in [4.78, 5) is 16.1. The van der Waals surface area contributed by atoms with Crippen LogP contribution in [0.25, 0.3) is 5.70 Å². The molecule has 5 N–H and O–H groups in total. The first kappa shape index (κ1) is 26.1. The number of rotatable bonds is 8. The van der Waals surface area contributed by atoms with Gasteiger partial charge < -0.3 is 30.2 Å². The number of hydrogen-bond acceptors (Lipinski definition) is 10. The summed E-state index contributed by atoms with van der Waals surface area (Å²) >= 11 is 0. The lowest BCUT2D eigenvalue weighted by molar-refractivity contribution is 0.00197. The Bertz CT molecular complexity index is 1180. The van der Waals surface area contributed by atoms with Crippen LogP contribution in [0.15, 0.2) is 48.5 Å². The molecular formula is C28H37N7O4. The highest BCUT2D eigenvalue weighted by molar-refractivity contribution is 5.88. The van der Waals surface area contributed by atoms with E-state index in [1.165, 1.54) is 11.3 Å². The van der Waals surface area contributed by atoms with E-state index in [2.05, 4.69) is 60.5 Å². The van der Waals surface area contributed by atoms with Crippen LogP contribution >= 0.6 is 0 Å². The number of ether oxygens (including phenoxy) is 2.